The van der Waals surface area contributed by atoms with Crippen molar-refractivity contribution in [1.29, 1.82) is 0 Å². The summed E-state index contributed by atoms with van der Waals surface area (Å²) in [5.41, 5.74) is 1.49. The molecule has 31 heavy (non-hydrogen) atoms. The Morgan fingerprint density at radius 2 is 1.52 bits per heavy atom. The van der Waals surface area contributed by atoms with Crippen LogP contribution in [0.2, 0.25) is 0 Å². The van der Waals surface area contributed by atoms with E-state index in [-0.39, 0.29) is 0 Å². The first-order valence-corrected chi connectivity index (χ1v) is 12.3. The van der Waals surface area contributed by atoms with Crippen LogP contribution in [0, 0.1) is 29.6 Å². The number of hydrogen-bond donors (Lipinski definition) is 0. The van der Waals surface area contributed by atoms with Crippen molar-refractivity contribution >= 4 is 27.3 Å². The summed E-state index contributed by atoms with van der Waals surface area (Å²) in [5, 5.41) is 5.44. The van der Waals surface area contributed by atoms with Crippen LogP contribution in [-0.4, -0.2) is 5.78 Å². The second-order valence-corrected chi connectivity index (χ2v) is 10.3. The maximum Gasteiger partial charge on any atom is 0.133 e. The first kappa shape index (κ1) is 22.1. The molecule has 1 heteroatoms. The predicted molar refractivity (Wildman–Crippen MR) is 133 cm³/mol. The van der Waals surface area contributed by atoms with Crippen molar-refractivity contribution in [2.45, 2.75) is 66.2 Å². The lowest BCUT2D eigenvalue weighted by atomic mass is 9.77. The molecule has 1 aliphatic carbocycles. The highest BCUT2D eigenvalue weighted by Gasteiger charge is 2.56. The van der Waals surface area contributed by atoms with Gasteiger partial charge in [-0.2, -0.15) is 0 Å². The van der Waals surface area contributed by atoms with Crippen LogP contribution in [0.5, 0.6) is 0 Å². The molecule has 1 fully saturated rings. The van der Waals surface area contributed by atoms with Crippen LogP contribution in [0.3, 0.4) is 0 Å². The van der Waals surface area contributed by atoms with Crippen LogP contribution >= 0.6 is 0 Å². The van der Waals surface area contributed by atoms with Gasteiger partial charge in [-0.25, -0.2) is 0 Å². The fraction of sp³-hybridized carbons (Fsp3) is 0.500. The number of benzene rings is 3. The van der Waals surface area contributed by atoms with E-state index >= 15 is 0 Å². The fourth-order valence-corrected chi connectivity index (χ4v) is 6.35. The molecule has 1 aliphatic rings. The van der Waals surface area contributed by atoms with Crippen molar-refractivity contribution < 1.29 is 4.79 Å². The molecule has 5 unspecified atom stereocenters. The summed E-state index contributed by atoms with van der Waals surface area (Å²) in [6.07, 6.45) is 4.85. The minimum atomic E-state index is 0.301. The van der Waals surface area contributed by atoms with E-state index < -0.39 is 0 Å². The minimum Gasteiger partial charge on any atom is -0.300 e. The second kappa shape index (κ2) is 9.15. The normalized spacial score (nSPS) is 22.7. The van der Waals surface area contributed by atoms with Gasteiger partial charge in [0.1, 0.15) is 5.78 Å². The standard InChI is InChI=1S/C30H38O/c1-6-7-14-26-29(21(5)31)30(26)27(19(2)3)17-20(4)28-24-15-10-8-12-22(24)18-23-13-9-11-16-25(23)28/h8-13,15-16,18-20,26-27,29-30H,6-7,14,17H2,1-5H3. The van der Waals surface area contributed by atoms with E-state index in [4.69, 9.17) is 0 Å². The first-order chi connectivity index (χ1) is 14.9. The molecule has 0 radical (unpaired) electrons. The molecule has 3 aromatic rings. The van der Waals surface area contributed by atoms with Gasteiger partial charge in [-0.1, -0.05) is 89.1 Å². The number of carbonyl (C=O) groups excluding carboxylic acids is 1. The molecule has 164 valence electrons. The van der Waals surface area contributed by atoms with E-state index in [1.165, 1.54) is 46.4 Å². The topological polar surface area (TPSA) is 17.1 Å². The van der Waals surface area contributed by atoms with Crippen LogP contribution < -0.4 is 0 Å². The highest BCUT2D eigenvalue weighted by molar-refractivity contribution is 6.02. The molecule has 0 N–H and O–H groups in total. The fourth-order valence-electron chi connectivity index (χ4n) is 6.35. The molecule has 0 amide bonds. The van der Waals surface area contributed by atoms with Crippen molar-refractivity contribution in [1.82, 2.24) is 0 Å². The van der Waals surface area contributed by atoms with Crippen LogP contribution in [0.15, 0.2) is 54.6 Å². The van der Waals surface area contributed by atoms with Gasteiger partial charge in [0.05, 0.1) is 0 Å². The van der Waals surface area contributed by atoms with Crippen LogP contribution in [0.4, 0.5) is 0 Å². The van der Waals surface area contributed by atoms with Gasteiger partial charge in [-0.15, -0.1) is 0 Å². The third kappa shape index (κ3) is 4.29. The van der Waals surface area contributed by atoms with E-state index in [0.29, 0.717) is 41.3 Å². The summed E-state index contributed by atoms with van der Waals surface area (Å²) >= 11 is 0. The van der Waals surface area contributed by atoms with Gasteiger partial charge in [0, 0.05) is 5.92 Å². The minimum absolute atomic E-state index is 0.301. The number of ketones is 1. The van der Waals surface area contributed by atoms with E-state index in [2.05, 4.69) is 82.3 Å². The Balaban J connectivity index is 1.69. The van der Waals surface area contributed by atoms with Crippen molar-refractivity contribution in [3.63, 3.8) is 0 Å². The predicted octanol–water partition coefficient (Wildman–Crippen LogP) is 8.40. The van der Waals surface area contributed by atoms with Crippen LogP contribution in [-0.2, 0) is 4.79 Å². The maximum absolute atomic E-state index is 12.4. The smallest absolute Gasteiger partial charge is 0.133 e. The number of Topliss-reactive ketones (excluding diaryl/α,β-unsaturated/α-hetero) is 1. The van der Waals surface area contributed by atoms with Crippen molar-refractivity contribution in [3.05, 3.63) is 60.2 Å². The van der Waals surface area contributed by atoms with Gasteiger partial charge in [-0.05, 0) is 82.5 Å². The average molecular weight is 415 g/mol. The highest BCUT2D eigenvalue weighted by atomic mass is 16.1. The number of fused-ring (bicyclic) bond motifs is 2. The molecule has 0 spiro atoms. The summed E-state index contributed by atoms with van der Waals surface area (Å²) in [6, 6.07) is 20.0. The number of unbranched alkanes of at least 4 members (excludes halogenated alkanes) is 1. The molecule has 0 aromatic heterocycles. The Labute approximate surface area is 188 Å². The largest absolute Gasteiger partial charge is 0.300 e. The quantitative estimate of drug-likeness (QED) is 0.321. The van der Waals surface area contributed by atoms with Crippen molar-refractivity contribution in [3.8, 4) is 0 Å². The second-order valence-electron chi connectivity index (χ2n) is 10.3. The summed E-state index contributed by atoms with van der Waals surface area (Å²) in [6.45, 7) is 11.2. The Hall–Kier alpha value is -2.15. The monoisotopic (exact) mass is 414 g/mol. The Morgan fingerprint density at radius 3 is 2.03 bits per heavy atom. The zero-order chi connectivity index (χ0) is 22.1. The summed E-state index contributed by atoms with van der Waals surface area (Å²) in [4.78, 5) is 12.4. The number of hydrogen-bond acceptors (Lipinski definition) is 1. The molecule has 0 saturated heterocycles. The summed E-state index contributed by atoms with van der Waals surface area (Å²) < 4.78 is 0. The molecule has 5 atom stereocenters. The lowest BCUT2D eigenvalue weighted by Gasteiger charge is -2.27. The van der Waals surface area contributed by atoms with Gasteiger partial charge in [0.25, 0.3) is 0 Å². The zero-order valence-electron chi connectivity index (χ0n) is 19.9. The van der Waals surface area contributed by atoms with Gasteiger partial charge in [0.15, 0.2) is 0 Å². The third-order valence-electron chi connectivity index (χ3n) is 7.87. The van der Waals surface area contributed by atoms with Crippen LogP contribution in [0.25, 0.3) is 21.5 Å². The molecule has 0 bridgehead atoms. The molecule has 4 rings (SSSR count). The van der Waals surface area contributed by atoms with Crippen molar-refractivity contribution in [2.24, 2.45) is 29.6 Å². The van der Waals surface area contributed by atoms with Gasteiger partial charge in [-0.3, -0.25) is 4.79 Å². The lowest BCUT2D eigenvalue weighted by molar-refractivity contribution is -0.118. The van der Waals surface area contributed by atoms with Gasteiger partial charge >= 0.3 is 0 Å². The first-order valence-electron chi connectivity index (χ1n) is 12.3. The highest BCUT2D eigenvalue weighted by Crippen LogP contribution is 2.58. The number of carbonyl (C=O) groups is 1. The lowest BCUT2D eigenvalue weighted by Crippen LogP contribution is -2.17. The van der Waals surface area contributed by atoms with Gasteiger partial charge < -0.3 is 0 Å². The Kier molecular flexibility index (Phi) is 6.51. The van der Waals surface area contributed by atoms with E-state index in [0.717, 1.165) is 6.42 Å². The molecule has 0 heterocycles. The van der Waals surface area contributed by atoms with E-state index in [1.54, 1.807) is 0 Å². The third-order valence-corrected chi connectivity index (χ3v) is 7.87. The van der Waals surface area contributed by atoms with E-state index in [1.807, 2.05) is 6.92 Å². The molecule has 0 aliphatic heterocycles. The van der Waals surface area contributed by atoms with Crippen molar-refractivity contribution in [2.75, 3.05) is 0 Å². The average Bonchev–Trinajstić information content (AvgIpc) is 3.47. The summed E-state index contributed by atoms with van der Waals surface area (Å²) in [5.74, 6) is 3.57. The molecule has 3 aromatic carbocycles. The van der Waals surface area contributed by atoms with Crippen LogP contribution in [0.1, 0.15) is 71.8 Å². The molecule has 1 nitrogen and oxygen atoms in total. The zero-order valence-corrected chi connectivity index (χ0v) is 19.9. The summed E-state index contributed by atoms with van der Waals surface area (Å²) in [7, 11) is 0. The Morgan fingerprint density at radius 1 is 0.935 bits per heavy atom. The maximum atomic E-state index is 12.4. The van der Waals surface area contributed by atoms with Gasteiger partial charge in [0.2, 0.25) is 0 Å². The number of rotatable bonds is 9. The molecule has 1 saturated carbocycles. The van der Waals surface area contributed by atoms with E-state index in [9.17, 15) is 4.79 Å². The molecular weight excluding hydrogens is 376 g/mol. The Bertz CT molecular complexity index is 1010. The SMILES string of the molecule is CCCCC1C(C(C)=O)C1C(CC(C)c1c2ccccc2cc2ccccc12)C(C)C. The molecular formula is C30H38O.